The van der Waals surface area contributed by atoms with Crippen molar-refractivity contribution >= 4 is 6.03 Å². The lowest BCUT2D eigenvalue weighted by molar-refractivity contribution is 0.134. The van der Waals surface area contributed by atoms with Crippen LogP contribution in [0.15, 0.2) is 48.5 Å². The van der Waals surface area contributed by atoms with Crippen LogP contribution >= 0.6 is 0 Å². The minimum Gasteiger partial charge on any atom is -0.492 e. The Morgan fingerprint density at radius 3 is 2.44 bits per heavy atom. The van der Waals surface area contributed by atoms with Gasteiger partial charge in [-0.05, 0) is 42.7 Å². The third-order valence-corrected chi connectivity index (χ3v) is 5.03. The second-order valence-electron chi connectivity index (χ2n) is 7.08. The molecule has 5 heteroatoms. The number of urea groups is 1. The number of carbonyl (C=O) groups excluding carboxylic acids is 1. The smallest absolute Gasteiger partial charge is 0.317 e. The fourth-order valence-electron chi connectivity index (χ4n) is 3.19. The van der Waals surface area contributed by atoms with Crippen LogP contribution in [0.4, 0.5) is 4.79 Å². The fourth-order valence-corrected chi connectivity index (χ4v) is 3.19. The molecule has 1 aliphatic heterocycles. The van der Waals surface area contributed by atoms with E-state index >= 15 is 0 Å². The Hall–Kier alpha value is -2.53. The predicted octanol–water partition coefficient (Wildman–Crippen LogP) is 3.21. The van der Waals surface area contributed by atoms with Crippen LogP contribution in [0.25, 0.3) is 0 Å². The third-order valence-electron chi connectivity index (χ3n) is 5.03. The van der Waals surface area contributed by atoms with Gasteiger partial charge in [0.2, 0.25) is 0 Å². The van der Waals surface area contributed by atoms with E-state index in [1.165, 1.54) is 16.7 Å². The molecule has 1 aliphatic rings. The zero-order valence-corrected chi connectivity index (χ0v) is 16.3. The maximum Gasteiger partial charge on any atom is 0.317 e. The summed E-state index contributed by atoms with van der Waals surface area (Å²) in [5, 5.41) is 2.96. The van der Waals surface area contributed by atoms with Gasteiger partial charge in [-0.3, -0.25) is 4.90 Å². The minimum atomic E-state index is -0.00181. The summed E-state index contributed by atoms with van der Waals surface area (Å²) >= 11 is 0. The number of carbonyl (C=O) groups is 1. The third kappa shape index (κ3) is 5.73. The molecule has 2 amide bonds. The standard InChI is InChI=1S/C22H29N3O2/c1-18-8-9-21(16-19(18)2)27-15-10-23-22(26)25-13-11-24(12-14-25)17-20-6-4-3-5-7-20/h3-9,16H,10-15,17H2,1-2H3,(H,23,26). The molecule has 3 rings (SSSR count). The van der Waals surface area contributed by atoms with Gasteiger partial charge in [0.05, 0.1) is 6.54 Å². The topological polar surface area (TPSA) is 44.8 Å². The lowest BCUT2D eigenvalue weighted by Gasteiger charge is -2.34. The van der Waals surface area contributed by atoms with Gasteiger partial charge in [-0.15, -0.1) is 0 Å². The lowest BCUT2D eigenvalue weighted by Crippen LogP contribution is -2.51. The molecule has 0 radical (unpaired) electrons. The van der Waals surface area contributed by atoms with Gasteiger partial charge in [-0.2, -0.15) is 0 Å². The molecular formula is C22H29N3O2. The molecule has 0 aromatic heterocycles. The summed E-state index contributed by atoms with van der Waals surface area (Å²) in [6.07, 6.45) is 0. The molecular weight excluding hydrogens is 338 g/mol. The molecule has 1 N–H and O–H groups in total. The molecule has 0 spiro atoms. The summed E-state index contributed by atoms with van der Waals surface area (Å²) in [6.45, 7) is 9.41. The van der Waals surface area contributed by atoms with Crippen LogP contribution in [-0.4, -0.2) is 55.2 Å². The van der Waals surface area contributed by atoms with E-state index < -0.39 is 0 Å². The number of piperazine rings is 1. The maximum absolute atomic E-state index is 12.3. The average molecular weight is 367 g/mol. The zero-order chi connectivity index (χ0) is 19.1. The van der Waals surface area contributed by atoms with Crippen molar-refractivity contribution in [3.8, 4) is 5.75 Å². The molecule has 1 fully saturated rings. The quantitative estimate of drug-likeness (QED) is 0.798. The van der Waals surface area contributed by atoms with Gasteiger partial charge in [0.25, 0.3) is 0 Å². The Morgan fingerprint density at radius 2 is 1.74 bits per heavy atom. The Kier molecular flexibility index (Phi) is 6.71. The SMILES string of the molecule is Cc1ccc(OCCNC(=O)N2CCN(Cc3ccccc3)CC2)cc1C. The van der Waals surface area contributed by atoms with Crippen molar-refractivity contribution in [2.45, 2.75) is 20.4 Å². The average Bonchev–Trinajstić information content (AvgIpc) is 2.69. The number of ether oxygens (including phenoxy) is 1. The Balaban J connectivity index is 1.34. The molecule has 144 valence electrons. The number of amides is 2. The highest BCUT2D eigenvalue weighted by atomic mass is 16.5. The molecule has 1 heterocycles. The summed E-state index contributed by atoms with van der Waals surface area (Å²) in [7, 11) is 0. The normalized spacial score (nSPS) is 14.8. The number of nitrogens with zero attached hydrogens (tertiary/aromatic N) is 2. The molecule has 0 bridgehead atoms. The van der Waals surface area contributed by atoms with Crippen LogP contribution < -0.4 is 10.1 Å². The highest BCUT2D eigenvalue weighted by Gasteiger charge is 2.20. The fraction of sp³-hybridized carbons (Fsp3) is 0.409. The van der Waals surface area contributed by atoms with E-state index in [1.807, 2.05) is 23.1 Å². The molecule has 2 aromatic rings. The lowest BCUT2D eigenvalue weighted by atomic mass is 10.1. The van der Waals surface area contributed by atoms with Gasteiger partial charge in [-0.25, -0.2) is 4.79 Å². The second kappa shape index (κ2) is 9.42. The molecule has 0 atom stereocenters. The van der Waals surface area contributed by atoms with E-state index in [0.29, 0.717) is 13.2 Å². The monoisotopic (exact) mass is 367 g/mol. The van der Waals surface area contributed by atoms with Crippen LogP contribution in [0.3, 0.4) is 0 Å². The van der Waals surface area contributed by atoms with Crippen molar-refractivity contribution in [2.24, 2.45) is 0 Å². The molecule has 1 saturated heterocycles. The summed E-state index contributed by atoms with van der Waals surface area (Å²) in [6, 6.07) is 16.5. The van der Waals surface area contributed by atoms with Crippen LogP contribution in [0.1, 0.15) is 16.7 Å². The van der Waals surface area contributed by atoms with E-state index in [0.717, 1.165) is 38.5 Å². The van der Waals surface area contributed by atoms with Gasteiger partial charge >= 0.3 is 6.03 Å². The van der Waals surface area contributed by atoms with Crippen molar-refractivity contribution in [3.63, 3.8) is 0 Å². The van der Waals surface area contributed by atoms with Crippen molar-refractivity contribution in [2.75, 3.05) is 39.3 Å². The van der Waals surface area contributed by atoms with Crippen molar-refractivity contribution in [1.29, 1.82) is 0 Å². The zero-order valence-electron chi connectivity index (χ0n) is 16.3. The molecule has 0 unspecified atom stereocenters. The number of aryl methyl sites for hydroxylation is 2. The van der Waals surface area contributed by atoms with Gasteiger partial charge in [0.15, 0.2) is 0 Å². The summed E-state index contributed by atoms with van der Waals surface area (Å²) < 4.78 is 5.72. The van der Waals surface area contributed by atoms with E-state index in [9.17, 15) is 4.79 Å². The van der Waals surface area contributed by atoms with Crippen molar-refractivity contribution in [1.82, 2.24) is 15.1 Å². The first-order valence-corrected chi connectivity index (χ1v) is 9.61. The van der Waals surface area contributed by atoms with Crippen molar-refractivity contribution in [3.05, 3.63) is 65.2 Å². The molecule has 0 aliphatic carbocycles. The minimum absolute atomic E-state index is 0.00181. The highest BCUT2D eigenvalue weighted by molar-refractivity contribution is 5.74. The summed E-state index contributed by atoms with van der Waals surface area (Å²) in [5.74, 6) is 0.849. The van der Waals surface area contributed by atoms with Gasteiger partial charge < -0.3 is 15.0 Å². The number of nitrogens with one attached hydrogen (secondary N) is 1. The van der Waals surface area contributed by atoms with Crippen LogP contribution in [-0.2, 0) is 6.54 Å². The molecule has 2 aromatic carbocycles. The van der Waals surface area contributed by atoms with Crippen LogP contribution in [0, 0.1) is 13.8 Å². The van der Waals surface area contributed by atoms with Crippen LogP contribution in [0.2, 0.25) is 0 Å². The van der Waals surface area contributed by atoms with E-state index in [1.54, 1.807) is 0 Å². The Labute approximate surface area is 161 Å². The Bertz CT molecular complexity index is 740. The second-order valence-corrected chi connectivity index (χ2v) is 7.08. The first-order valence-electron chi connectivity index (χ1n) is 9.61. The summed E-state index contributed by atoms with van der Waals surface area (Å²) in [4.78, 5) is 16.6. The van der Waals surface area contributed by atoms with Crippen molar-refractivity contribution < 1.29 is 9.53 Å². The first kappa shape index (κ1) is 19.2. The van der Waals surface area contributed by atoms with Crippen LogP contribution in [0.5, 0.6) is 5.75 Å². The van der Waals surface area contributed by atoms with Gasteiger partial charge in [0, 0.05) is 32.7 Å². The largest absolute Gasteiger partial charge is 0.492 e. The van der Waals surface area contributed by atoms with Gasteiger partial charge in [-0.1, -0.05) is 36.4 Å². The molecule has 27 heavy (non-hydrogen) atoms. The molecule has 5 nitrogen and oxygen atoms in total. The highest BCUT2D eigenvalue weighted by Crippen LogP contribution is 2.16. The first-order chi connectivity index (χ1) is 13.1. The number of hydrogen-bond acceptors (Lipinski definition) is 3. The van der Waals surface area contributed by atoms with E-state index in [4.69, 9.17) is 4.74 Å². The maximum atomic E-state index is 12.3. The number of hydrogen-bond donors (Lipinski definition) is 1. The van der Waals surface area contributed by atoms with E-state index in [2.05, 4.69) is 54.4 Å². The predicted molar refractivity (Wildman–Crippen MR) is 108 cm³/mol. The number of rotatable bonds is 6. The number of benzene rings is 2. The summed E-state index contributed by atoms with van der Waals surface area (Å²) in [5.41, 5.74) is 3.78. The van der Waals surface area contributed by atoms with E-state index in [-0.39, 0.29) is 6.03 Å². The molecule has 0 saturated carbocycles. The van der Waals surface area contributed by atoms with Gasteiger partial charge in [0.1, 0.15) is 12.4 Å². The Morgan fingerprint density at radius 1 is 1.00 bits per heavy atom.